The van der Waals surface area contributed by atoms with Gasteiger partial charge < -0.3 is 49.5 Å². The second kappa shape index (κ2) is 28.2. The van der Waals surface area contributed by atoms with Crippen LogP contribution in [0.15, 0.2) is 72.9 Å². The molecule has 63 heavy (non-hydrogen) atoms. The van der Waals surface area contributed by atoms with Crippen LogP contribution in [0, 0.1) is 17.8 Å². The van der Waals surface area contributed by atoms with Crippen LogP contribution in [0.4, 0.5) is 0 Å². The lowest BCUT2D eigenvalue weighted by Crippen LogP contribution is -2.60. The third kappa shape index (κ3) is 18.1. The van der Waals surface area contributed by atoms with Crippen molar-refractivity contribution in [1.82, 2.24) is 9.80 Å². The maximum Gasteiger partial charge on any atom is 0.311 e. The number of amides is 1. The Labute approximate surface area is 380 Å². The standard InChI is InChI=1S/C51H86N2O10/c1-12-14-15-16-17-18-19-20-21-22-23-24-25-26-27-28-29-30-31-32-43(54)53(11)41-33-37(4)61-49(45(41)56)63-47-38(5)44(55)39(6)48(58)62-42(13-2)51(9,60)46(57)40(7)52(10)35-36(3)34-50(47,8)59/h14-15,17-18,20-21,23-24,26-27,29-30,36-42,44-47,49,55-57,59-60H,12-13,16,19,22,25,28,31-35H2,1-11H3/b15-14-,18-17-,21-20-,24-23-,27-26-,30-29-/t36-,37-,38+,39-,40-,41+,42-,44+,45-,46-,47-,49?,50-,51-/m1/s1. The number of hydrogen-bond acceptors (Lipinski definition) is 11. The SMILES string of the molecule is CC/C=C\C/C=C\C/C=C\C/C=C\C/C=C\C/C=C\CCC(=O)N(C)[C@H]1C[C@@H](C)OC(O[C@@H]2[C@@H](C)[C@H](O)[C@@H](C)C(=O)O[C@H](CC)[C@@](C)(O)[C@H](O)[C@@H](C)N(C)C[C@H](C)C[C@@]2(C)O)[C@@H]1O. The van der Waals surface area contributed by atoms with E-state index in [9.17, 15) is 35.1 Å². The molecule has 0 saturated carbocycles. The summed E-state index contributed by atoms with van der Waals surface area (Å²) < 4.78 is 18.5. The van der Waals surface area contributed by atoms with Crippen molar-refractivity contribution in [3.05, 3.63) is 72.9 Å². The van der Waals surface area contributed by atoms with Gasteiger partial charge in [-0.3, -0.25) is 9.59 Å². The van der Waals surface area contributed by atoms with E-state index in [1.165, 1.54) is 13.8 Å². The molecular weight excluding hydrogens is 801 g/mol. The topological polar surface area (TPSA) is 169 Å². The zero-order valence-electron chi connectivity index (χ0n) is 40.5. The van der Waals surface area contributed by atoms with Crippen molar-refractivity contribution in [3.63, 3.8) is 0 Å². The molecule has 0 aromatic carbocycles. The average Bonchev–Trinajstić information content (AvgIpc) is 3.23. The van der Waals surface area contributed by atoms with Crippen molar-refractivity contribution < 1.29 is 49.3 Å². The Bertz CT molecular complexity index is 1520. The third-order valence-corrected chi connectivity index (χ3v) is 12.8. The van der Waals surface area contributed by atoms with E-state index < -0.39 is 84.0 Å². The van der Waals surface area contributed by atoms with Gasteiger partial charge in [0, 0.05) is 32.0 Å². The number of likely N-dealkylation sites (N-methyl/N-ethyl adjacent to an activating group) is 2. The van der Waals surface area contributed by atoms with E-state index in [4.69, 9.17) is 14.2 Å². The molecule has 2 aliphatic heterocycles. The maximum absolute atomic E-state index is 13.5. The zero-order valence-corrected chi connectivity index (χ0v) is 40.5. The van der Waals surface area contributed by atoms with Crippen LogP contribution in [0.1, 0.15) is 133 Å². The fraction of sp³-hybridized carbons (Fsp3) is 0.725. The number of cyclic esters (lactones) is 1. The van der Waals surface area contributed by atoms with Crippen LogP contribution in [0.5, 0.6) is 0 Å². The number of aliphatic hydroxyl groups is 5. The van der Waals surface area contributed by atoms with E-state index >= 15 is 0 Å². The molecule has 0 spiro atoms. The molecule has 5 N–H and O–H groups in total. The molecule has 12 nitrogen and oxygen atoms in total. The molecule has 0 aliphatic carbocycles. The Morgan fingerprint density at radius 1 is 0.825 bits per heavy atom. The summed E-state index contributed by atoms with van der Waals surface area (Å²) in [6, 6.07) is -1.19. The van der Waals surface area contributed by atoms with Gasteiger partial charge in [-0.1, -0.05) is 101 Å². The van der Waals surface area contributed by atoms with Crippen LogP contribution in [0.3, 0.4) is 0 Å². The first-order valence-electron chi connectivity index (χ1n) is 23.6. The highest BCUT2D eigenvalue weighted by molar-refractivity contribution is 5.76. The fourth-order valence-corrected chi connectivity index (χ4v) is 8.82. The minimum absolute atomic E-state index is 0.134. The highest BCUT2D eigenvalue weighted by Gasteiger charge is 2.50. The third-order valence-electron chi connectivity index (χ3n) is 12.8. The van der Waals surface area contributed by atoms with E-state index in [1.54, 1.807) is 39.6 Å². The van der Waals surface area contributed by atoms with E-state index in [0.717, 1.165) is 38.5 Å². The van der Waals surface area contributed by atoms with Gasteiger partial charge in [0.05, 0.1) is 35.9 Å². The number of esters is 1. The van der Waals surface area contributed by atoms with Crippen molar-refractivity contribution in [2.45, 2.75) is 199 Å². The quantitative estimate of drug-likeness (QED) is 0.0690. The summed E-state index contributed by atoms with van der Waals surface area (Å²) in [5.74, 6) is -3.07. The highest BCUT2D eigenvalue weighted by Crippen LogP contribution is 2.37. The predicted molar refractivity (Wildman–Crippen MR) is 251 cm³/mol. The summed E-state index contributed by atoms with van der Waals surface area (Å²) in [5.41, 5.74) is -3.40. The molecule has 12 heteroatoms. The first-order chi connectivity index (χ1) is 29.7. The first-order valence-corrected chi connectivity index (χ1v) is 23.6. The Morgan fingerprint density at radius 2 is 1.33 bits per heavy atom. The van der Waals surface area contributed by atoms with Gasteiger partial charge in [-0.25, -0.2) is 0 Å². The highest BCUT2D eigenvalue weighted by atomic mass is 16.7. The van der Waals surface area contributed by atoms with Crippen molar-refractivity contribution in [2.75, 3.05) is 20.6 Å². The second-order valence-electron chi connectivity index (χ2n) is 18.6. The van der Waals surface area contributed by atoms with Crippen LogP contribution in [-0.4, -0.2) is 134 Å². The number of ether oxygens (including phenoxy) is 3. The first kappa shape index (κ1) is 56.2. The molecule has 360 valence electrons. The molecule has 0 radical (unpaired) electrons. The smallest absolute Gasteiger partial charge is 0.311 e. The van der Waals surface area contributed by atoms with Crippen LogP contribution in [0.2, 0.25) is 0 Å². The monoisotopic (exact) mass is 887 g/mol. The molecule has 0 aromatic rings. The van der Waals surface area contributed by atoms with Gasteiger partial charge >= 0.3 is 5.97 Å². The molecule has 14 atom stereocenters. The largest absolute Gasteiger partial charge is 0.459 e. The van der Waals surface area contributed by atoms with E-state index in [0.29, 0.717) is 19.4 Å². The van der Waals surface area contributed by atoms with Crippen LogP contribution in [-0.2, 0) is 23.8 Å². The lowest BCUT2D eigenvalue weighted by molar-refractivity contribution is -0.299. The van der Waals surface area contributed by atoms with Crippen molar-refractivity contribution >= 4 is 11.9 Å². The molecule has 0 aromatic heterocycles. The van der Waals surface area contributed by atoms with Crippen LogP contribution < -0.4 is 0 Å². The van der Waals surface area contributed by atoms with Crippen LogP contribution >= 0.6 is 0 Å². The molecule has 2 saturated heterocycles. The van der Waals surface area contributed by atoms with Crippen molar-refractivity contribution in [2.24, 2.45) is 17.8 Å². The van der Waals surface area contributed by atoms with Gasteiger partial charge in [-0.05, 0) is 112 Å². The Hall–Kier alpha value is -2.94. The number of aliphatic hydroxyl groups excluding tert-OH is 3. The number of nitrogens with zero attached hydrogens (tertiary/aromatic N) is 2. The van der Waals surface area contributed by atoms with Gasteiger partial charge in [0.1, 0.15) is 23.9 Å². The normalized spacial score (nSPS) is 36.2. The number of carbonyl (C=O) groups excluding carboxylic acids is 2. The molecule has 1 amide bonds. The molecular formula is C51H86N2O10. The lowest BCUT2D eigenvalue weighted by atomic mass is 9.78. The number of hydrogen-bond donors (Lipinski definition) is 5. The van der Waals surface area contributed by atoms with Gasteiger partial charge in [0.25, 0.3) is 0 Å². The molecule has 0 bridgehead atoms. The summed E-state index contributed by atoms with van der Waals surface area (Å²) in [5, 5.41) is 58.5. The Morgan fingerprint density at radius 3 is 1.84 bits per heavy atom. The number of rotatable bonds is 18. The minimum atomic E-state index is -1.79. The summed E-state index contributed by atoms with van der Waals surface area (Å²) >= 11 is 0. The van der Waals surface area contributed by atoms with E-state index in [-0.39, 0.29) is 31.1 Å². The van der Waals surface area contributed by atoms with Gasteiger partial charge in [0.2, 0.25) is 5.91 Å². The Balaban J connectivity index is 2.08. The van der Waals surface area contributed by atoms with Gasteiger partial charge in [-0.2, -0.15) is 0 Å². The minimum Gasteiger partial charge on any atom is -0.459 e. The summed E-state index contributed by atoms with van der Waals surface area (Å²) in [7, 11) is 3.49. The lowest BCUT2D eigenvalue weighted by Gasteiger charge is -2.47. The second-order valence-corrected chi connectivity index (χ2v) is 18.6. The average molecular weight is 887 g/mol. The van der Waals surface area contributed by atoms with E-state index in [2.05, 4.69) is 67.7 Å². The number of allylic oxidation sites excluding steroid dienone is 12. The molecule has 2 aliphatic rings. The fourth-order valence-electron chi connectivity index (χ4n) is 8.82. The molecule has 2 heterocycles. The Kier molecular flexibility index (Phi) is 25.1. The van der Waals surface area contributed by atoms with Gasteiger partial charge in [-0.15, -0.1) is 0 Å². The molecule has 1 unspecified atom stereocenters. The summed E-state index contributed by atoms with van der Waals surface area (Å²) in [4.78, 5) is 30.4. The summed E-state index contributed by atoms with van der Waals surface area (Å²) in [6.07, 6.45) is 25.0. The number of carbonyl (C=O) groups is 2. The predicted octanol–water partition coefficient (Wildman–Crippen LogP) is 7.35. The zero-order chi connectivity index (χ0) is 47.3. The summed E-state index contributed by atoms with van der Waals surface area (Å²) in [6.45, 7) is 16.1. The molecule has 2 rings (SSSR count). The van der Waals surface area contributed by atoms with Crippen LogP contribution in [0.25, 0.3) is 0 Å². The molecule has 2 fully saturated rings. The van der Waals surface area contributed by atoms with Crippen molar-refractivity contribution in [1.29, 1.82) is 0 Å². The van der Waals surface area contributed by atoms with E-state index in [1.807, 2.05) is 37.9 Å². The maximum atomic E-state index is 13.5. The van der Waals surface area contributed by atoms with Crippen molar-refractivity contribution in [3.8, 4) is 0 Å². The van der Waals surface area contributed by atoms with Gasteiger partial charge in [0.15, 0.2) is 6.29 Å².